The number of furan rings is 1. The van der Waals surface area contributed by atoms with Gasteiger partial charge in [-0.3, -0.25) is 0 Å². The Morgan fingerprint density at radius 1 is 1.27 bits per heavy atom. The molecule has 0 radical (unpaired) electrons. The van der Waals surface area contributed by atoms with E-state index in [1.807, 2.05) is 0 Å². The Morgan fingerprint density at radius 3 is 2.77 bits per heavy atom. The quantitative estimate of drug-likeness (QED) is 0.522. The van der Waals surface area contributed by atoms with Gasteiger partial charge in [-0.2, -0.15) is 0 Å². The number of rotatable bonds is 7. The van der Waals surface area contributed by atoms with E-state index < -0.39 is 0 Å². The molecule has 2 fully saturated rings. The molecule has 0 aliphatic heterocycles. The first-order valence-electron chi connectivity index (χ1n) is 10.6. The van der Waals surface area contributed by atoms with Gasteiger partial charge >= 0.3 is 5.97 Å². The molecule has 3 heteroatoms. The average molecular weight is 361 g/mol. The van der Waals surface area contributed by atoms with Crippen molar-refractivity contribution in [3.8, 4) is 0 Å². The minimum absolute atomic E-state index is 0.0732. The van der Waals surface area contributed by atoms with E-state index >= 15 is 0 Å². The van der Waals surface area contributed by atoms with Crippen molar-refractivity contribution in [3.05, 3.63) is 24.2 Å². The summed E-state index contributed by atoms with van der Waals surface area (Å²) in [6.45, 7) is 9.57. The van der Waals surface area contributed by atoms with E-state index in [-0.39, 0.29) is 12.1 Å². The van der Waals surface area contributed by atoms with Crippen molar-refractivity contribution in [1.82, 2.24) is 0 Å². The van der Waals surface area contributed by atoms with Gasteiger partial charge in [0.25, 0.3) is 0 Å². The van der Waals surface area contributed by atoms with Crippen molar-refractivity contribution in [2.24, 2.45) is 29.1 Å². The molecule has 2 aliphatic carbocycles. The Morgan fingerprint density at radius 2 is 2.08 bits per heavy atom. The molecule has 0 saturated heterocycles. The van der Waals surface area contributed by atoms with Gasteiger partial charge in [-0.25, -0.2) is 4.79 Å². The second-order valence-electron chi connectivity index (χ2n) is 9.45. The molecule has 0 unspecified atom stereocenters. The predicted octanol–water partition coefficient (Wildman–Crippen LogP) is 6.48. The van der Waals surface area contributed by atoms with Crippen LogP contribution in [-0.2, 0) is 4.74 Å². The van der Waals surface area contributed by atoms with Crippen LogP contribution in [0, 0.1) is 29.1 Å². The van der Waals surface area contributed by atoms with Gasteiger partial charge in [0.2, 0.25) is 0 Å². The smallest absolute Gasteiger partial charge is 0.341 e. The second kappa shape index (κ2) is 8.19. The summed E-state index contributed by atoms with van der Waals surface area (Å²) >= 11 is 0. The first-order chi connectivity index (χ1) is 12.4. The van der Waals surface area contributed by atoms with Crippen molar-refractivity contribution in [2.75, 3.05) is 0 Å². The Labute approximate surface area is 158 Å². The molecule has 3 rings (SSSR count). The third-order valence-corrected chi connectivity index (χ3v) is 7.28. The zero-order valence-electron chi connectivity index (χ0n) is 17.0. The summed E-state index contributed by atoms with van der Waals surface area (Å²) in [5.74, 6) is 2.64. The third kappa shape index (κ3) is 4.02. The first-order valence-corrected chi connectivity index (χ1v) is 10.6. The standard InChI is InChI=1S/C23H36O3/c1-16(2)7-5-8-17(3)19-10-11-20-21(9-6-13-23(19,20)4)26-22(24)18-12-14-25-15-18/h12,14-17,19-21H,5-11,13H2,1-4H3/t17-,19-,20+,21+,23-/m1/s1. The zero-order chi connectivity index (χ0) is 18.7. The van der Waals surface area contributed by atoms with Crippen LogP contribution in [0.5, 0.6) is 0 Å². The molecule has 3 nitrogen and oxygen atoms in total. The highest BCUT2D eigenvalue weighted by Gasteiger charge is 2.53. The van der Waals surface area contributed by atoms with Crippen LogP contribution >= 0.6 is 0 Å². The summed E-state index contributed by atoms with van der Waals surface area (Å²) in [6.07, 6.45) is 13.1. The number of ether oxygens (including phenoxy) is 1. The number of hydrogen-bond acceptors (Lipinski definition) is 3. The SMILES string of the molecule is CC(C)CCC[C@@H](C)[C@H]1CC[C@H]2[C@@H](OC(=O)c3ccoc3)CCC[C@]12C. The molecule has 1 aromatic rings. The molecule has 0 bridgehead atoms. The molecule has 0 N–H and O–H groups in total. The maximum Gasteiger partial charge on any atom is 0.341 e. The van der Waals surface area contributed by atoms with Crippen LogP contribution in [0.25, 0.3) is 0 Å². The van der Waals surface area contributed by atoms with Crippen molar-refractivity contribution < 1.29 is 13.9 Å². The maximum atomic E-state index is 12.4. The van der Waals surface area contributed by atoms with Crippen molar-refractivity contribution in [2.45, 2.75) is 85.2 Å². The Balaban J connectivity index is 1.63. The van der Waals surface area contributed by atoms with E-state index in [1.165, 1.54) is 57.5 Å². The average Bonchev–Trinajstić information content (AvgIpc) is 3.22. The summed E-state index contributed by atoms with van der Waals surface area (Å²) in [4.78, 5) is 12.4. The molecule has 5 atom stereocenters. The number of esters is 1. The lowest BCUT2D eigenvalue weighted by atomic mass is 9.61. The van der Waals surface area contributed by atoms with E-state index in [0.29, 0.717) is 16.9 Å². The monoisotopic (exact) mass is 360 g/mol. The lowest BCUT2D eigenvalue weighted by Crippen LogP contribution is -2.43. The van der Waals surface area contributed by atoms with Crippen LogP contribution in [-0.4, -0.2) is 12.1 Å². The molecule has 146 valence electrons. The minimum atomic E-state index is -0.221. The summed E-state index contributed by atoms with van der Waals surface area (Å²) in [5, 5.41) is 0. The lowest BCUT2D eigenvalue weighted by Gasteiger charge is -2.46. The van der Waals surface area contributed by atoms with Crippen molar-refractivity contribution in [1.29, 1.82) is 0 Å². The fourth-order valence-corrected chi connectivity index (χ4v) is 5.87. The highest BCUT2D eigenvalue weighted by atomic mass is 16.5. The molecule has 26 heavy (non-hydrogen) atoms. The van der Waals surface area contributed by atoms with Crippen LogP contribution in [0.4, 0.5) is 0 Å². The van der Waals surface area contributed by atoms with Gasteiger partial charge in [-0.1, -0.05) is 47.0 Å². The van der Waals surface area contributed by atoms with E-state index in [2.05, 4.69) is 27.7 Å². The van der Waals surface area contributed by atoms with E-state index in [1.54, 1.807) is 6.07 Å². The fraction of sp³-hybridized carbons (Fsp3) is 0.783. The number of carbonyl (C=O) groups excluding carboxylic acids is 1. The molecule has 2 aliphatic rings. The van der Waals surface area contributed by atoms with Crippen molar-refractivity contribution >= 4 is 5.97 Å². The highest BCUT2D eigenvalue weighted by molar-refractivity contribution is 5.89. The highest BCUT2D eigenvalue weighted by Crippen LogP contribution is 2.58. The minimum Gasteiger partial charge on any atom is -0.472 e. The second-order valence-corrected chi connectivity index (χ2v) is 9.45. The predicted molar refractivity (Wildman–Crippen MR) is 104 cm³/mol. The molecule has 0 amide bonds. The van der Waals surface area contributed by atoms with Gasteiger partial charge in [0.15, 0.2) is 0 Å². The summed E-state index contributed by atoms with van der Waals surface area (Å²) in [6, 6.07) is 1.69. The molecular weight excluding hydrogens is 324 g/mol. The number of carbonyl (C=O) groups is 1. The van der Waals surface area contributed by atoms with Crippen LogP contribution in [0.1, 0.15) is 89.4 Å². The van der Waals surface area contributed by atoms with Gasteiger partial charge in [-0.15, -0.1) is 0 Å². The van der Waals surface area contributed by atoms with Crippen LogP contribution in [0.3, 0.4) is 0 Å². The van der Waals surface area contributed by atoms with Crippen molar-refractivity contribution in [3.63, 3.8) is 0 Å². The first kappa shape index (κ1) is 19.5. The molecule has 1 heterocycles. The summed E-state index contributed by atoms with van der Waals surface area (Å²) < 4.78 is 11.0. The van der Waals surface area contributed by atoms with Crippen LogP contribution in [0.2, 0.25) is 0 Å². The number of fused-ring (bicyclic) bond motifs is 1. The fourth-order valence-electron chi connectivity index (χ4n) is 5.87. The van der Waals surface area contributed by atoms with Gasteiger partial charge in [-0.05, 0) is 61.3 Å². The molecule has 1 aromatic heterocycles. The molecular formula is C23H36O3. The van der Waals surface area contributed by atoms with Gasteiger partial charge in [0, 0.05) is 5.92 Å². The Kier molecular flexibility index (Phi) is 6.14. The Hall–Kier alpha value is -1.25. The topological polar surface area (TPSA) is 39.4 Å². The lowest BCUT2D eigenvalue weighted by molar-refractivity contribution is -0.0473. The van der Waals surface area contributed by atoms with Gasteiger partial charge in [0.1, 0.15) is 12.4 Å². The largest absolute Gasteiger partial charge is 0.472 e. The van der Waals surface area contributed by atoms with Crippen LogP contribution < -0.4 is 0 Å². The van der Waals surface area contributed by atoms with Gasteiger partial charge < -0.3 is 9.15 Å². The normalized spacial score (nSPS) is 32.4. The maximum absolute atomic E-state index is 12.4. The summed E-state index contributed by atoms with van der Waals surface area (Å²) in [5.41, 5.74) is 0.866. The van der Waals surface area contributed by atoms with E-state index in [0.717, 1.165) is 24.2 Å². The van der Waals surface area contributed by atoms with Crippen LogP contribution in [0.15, 0.2) is 23.0 Å². The number of hydrogen-bond donors (Lipinski definition) is 0. The summed E-state index contributed by atoms with van der Waals surface area (Å²) in [7, 11) is 0. The third-order valence-electron chi connectivity index (χ3n) is 7.28. The molecule has 0 aromatic carbocycles. The Bertz CT molecular complexity index is 576. The molecule has 2 saturated carbocycles. The zero-order valence-corrected chi connectivity index (χ0v) is 17.0. The van der Waals surface area contributed by atoms with Gasteiger partial charge in [0.05, 0.1) is 11.8 Å². The molecule has 0 spiro atoms. The van der Waals surface area contributed by atoms with E-state index in [4.69, 9.17) is 9.15 Å². The van der Waals surface area contributed by atoms with E-state index in [9.17, 15) is 4.79 Å².